The third-order valence-electron chi connectivity index (χ3n) is 4.73. The van der Waals surface area contributed by atoms with E-state index in [1.165, 1.54) is 30.3 Å². The number of aromatic hydroxyl groups is 1. The summed E-state index contributed by atoms with van der Waals surface area (Å²) in [5.41, 5.74) is -2.26. The minimum atomic E-state index is -5.02. The van der Waals surface area contributed by atoms with Gasteiger partial charge in [-0.15, -0.1) is 0 Å². The first-order valence-electron chi connectivity index (χ1n) is 9.22. The quantitative estimate of drug-likeness (QED) is 0.198. The van der Waals surface area contributed by atoms with Gasteiger partial charge >= 0.3 is 12.4 Å². The Morgan fingerprint density at radius 1 is 0.818 bits per heavy atom. The molecule has 33 heavy (non-hydrogen) atoms. The van der Waals surface area contributed by atoms with Crippen LogP contribution in [0.15, 0.2) is 60.7 Å². The zero-order valence-electron chi connectivity index (χ0n) is 16.5. The Morgan fingerprint density at radius 3 is 1.82 bits per heavy atom. The van der Waals surface area contributed by atoms with Gasteiger partial charge in [0.15, 0.2) is 6.29 Å². The molecule has 0 saturated carbocycles. The van der Waals surface area contributed by atoms with E-state index >= 15 is 0 Å². The van der Waals surface area contributed by atoms with E-state index in [4.69, 9.17) is 0 Å². The van der Waals surface area contributed by atoms with Gasteiger partial charge in [-0.1, -0.05) is 30.3 Å². The van der Waals surface area contributed by atoms with Gasteiger partial charge in [0.05, 0.1) is 28.3 Å². The predicted octanol–water partition coefficient (Wildman–Crippen LogP) is 6.97. The molecule has 0 fully saturated rings. The third kappa shape index (κ3) is 5.41. The number of rotatable bonds is 4. The molecule has 3 aromatic rings. The van der Waals surface area contributed by atoms with Crippen LogP contribution < -0.4 is 0 Å². The van der Waals surface area contributed by atoms with Gasteiger partial charge in [-0.3, -0.25) is 4.79 Å². The molecule has 1 N–H and O–H groups in total. The number of aldehydes is 1. The number of hydrogen-bond donors (Lipinski definition) is 1. The van der Waals surface area contributed by atoms with Crippen LogP contribution in [-0.2, 0) is 12.4 Å². The van der Waals surface area contributed by atoms with Gasteiger partial charge < -0.3 is 5.11 Å². The molecule has 0 heterocycles. The maximum Gasteiger partial charge on any atom is 0.416 e. The van der Waals surface area contributed by atoms with E-state index in [1.54, 1.807) is 24.3 Å². The summed E-state index contributed by atoms with van der Waals surface area (Å²) < 4.78 is 78.6. The first kappa shape index (κ1) is 23.6. The van der Waals surface area contributed by atoms with E-state index in [2.05, 4.69) is 0 Å². The second-order valence-electron chi connectivity index (χ2n) is 6.98. The zero-order chi connectivity index (χ0) is 24.4. The van der Waals surface area contributed by atoms with Crippen molar-refractivity contribution >= 4 is 17.9 Å². The molecule has 0 radical (unpaired) electrons. The fourth-order valence-electron chi connectivity index (χ4n) is 3.05. The standard InChI is InChI=1S/C24H13F6NO2/c25-23(26,27)20-8-18(9-21(11-20)24(28,29)30)19(12-31)7-14-1-3-15(4-2-14)16-5-6-17(13-32)22(33)10-16/h1-11,13,33H/b19-7+. The minimum absolute atomic E-state index is 0.00140. The Balaban J connectivity index is 2.01. The molecule has 168 valence electrons. The van der Waals surface area contributed by atoms with Gasteiger partial charge in [0, 0.05) is 0 Å². The maximum absolute atomic E-state index is 13.1. The number of carbonyl (C=O) groups is 1. The maximum atomic E-state index is 13.1. The van der Waals surface area contributed by atoms with Crippen LogP contribution in [0.2, 0.25) is 0 Å². The van der Waals surface area contributed by atoms with E-state index < -0.39 is 29.0 Å². The molecule has 0 unspecified atom stereocenters. The summed E-state index contributed by atoms with van der Waals surface area (Å²) >= 11 is 0. The molecule has 0 aromatic heterocycles. The summed E-state index contributed by atoms with van der Waals surface area (Å²) in [7, 11) is 0. The largest absolute Gasteiger partial charge is 0.507 e. The van der Waals surface area contributed by atoms with Crippen LogP contribution in [0.4, 0.5) is 26.3 Å². The van der Waals surface area contributed by atoms with Crippen LogP contribution in [0.1, 0.15) is 32.6 Å². The Bertz CT molecular complexity index is 1230. The minimum Gasteiger partial charge on any atom is -0.507 e. The number of nitrogens with zero attached hydrogens (tertiary/aromatic N) is 1. The normalized spacial score (nSPS) is 12.3. The van der Waals surface area contributed by atoms with Gasteiger partial charge in [0.2, 0.25) is 0 Å². The van der Waals surface area contributed by atoms with Crippen molar-refractivity contribution in [3.05, 3.63) is 88.5 Å². The summed E-state index contributed by atoms with van der Waals surface area (Å²) in [6, 6.07) is 13.2. The number of hydrogen-bond acceptors (Lipinski definition) is 3. The van der Waals surface area contributed by atoms with Crippen LogP contribution in [0.5, 0.6) is 5.75 Å². The van der Waals surface area contributed by atoms with Crippen LogP contribution in [0.3, 0.4) is 0 Å². The van der Waals surface area contributed by atoms with Gasteiger partial charge in [-0.2, -0.15) is 31.6 Å². The monoisotopic (exact) mass is 461 g/mol. The predicted molar refractivity (Wildman–Crippen MR) is 109 cm³/mol. The van der Waals surface area contributed by atoms with Gasteiger partial charge in [-0.05, 0) is 58.7 Å². The van der Waals surface area contributed by atoms with Crippen LogP contribution in [0.25, 0.3) is 22.8 Å². The lowest BCUT2D eigenvalue weighted by Gasteiger charge is -2.14. The second-order valence-corrected chi connectivity index (χ2v) is 6.98. The average Bonchev–Trinajstić information content (AvgIpc) is 2.76. The first-order valence-corrected chi connectivity index (χ1v) is 9.22. The number of benzene rings is 3. The highest BCUT2D eigenvalue weighted by molar-refractivity contribution is 5.90. The number of nitriles is 1. The smallest absolute Gasteiger partial charge is 0.416 e. The molecular weight excluding hydrogens is 448 g/mol. The first-order chi connectivity index (χ1) is 15.4. The molecule has 0 aliphatic rings. The van der Waals surface area contributed by atoms with E-state index in [0.29, 0.717) is 35.1 Å². The number of allylic oxidation sites excluding steroid dienone is 1. The number of phenolic OH excluding ortho intramolecular Hbond substituents is 1. The Hall–Kier alpha value is -4.06. The van der Waals surface area contributed by atoms with E-state index in [0.717, 1.165) is 0 Å². The molecular formula is C24H13F6NO2. The number of halogens is 6. The van der Waals surface area contributed by atoms with Gasteiger partial charge in [0.25, 0.3) is 0 Å². The van der Waals surface area contributed by atoms with Crippen molar-refractivity contribution in [1.29, 1.82) is 5.26 Å². The van der Waals surface area contributed by atoms with Crippen molar-refractivity contribution in [2.75, 3.05) is 0 Å². The fraction of sp³-hybridized carbons (Fsp3) is 0.0833. The van der Waals surface area contributed by atoms with Crippen molar-refractivity contribution in [2.45, 2.75) is 12.4 Å². The molecule has 3 rings (SSSR count). The van der Waals surface area contributed by atoms with Crippen molar-refractivity contribution in [1.82, 2.24) is 0 Å². The highest BCUT2D eigenvalue weighted by Crippen LogP contribution is 2.38. The third-order valence-corrected chi connectivity index (χ3v) is 4.73. The highest BCUT2D eigenvalue weighted by Gasteiger charge is 2.37. The molecule has 3 nitrogen and oxygen atoms in total. The average molecular weight is 461 g/mol. The molecule has 0 aliphatic heterocycles. The van der Waals surface area contributed by atoms with E-state index in [-0.39, 0.29) is 23.0 Å². The highest BCUT2D eigenvalue weighted by atomic mass is 19.4. The van der Waals surface area contributed by atoms with Crippen LogP contribution in [0, 0.1) is 11.3 Å². The summed E-state index contributed by atoms with van der Waals surface area (Å²) in [6.07, 6.45) is -8.38. The molecule has 0 spiro atoms. The van der Waals surface area contributed by atoms with Crippen molar-refractivity contribution in [3.63, 3.8) is 0 Å². The topological polar surface area (TPSA) is 61.1 Å². The number of carbonyl (C=O) groups excluding carboxylic acids is 1. The molecule has 0 saturated heterocycles. The Morgan fingerprint density at radius 2 is 1.36 bits per heavy atom. The fourth-order valence-corrected chi connectivity index (χ4v) is 3.05. The van der Waals surface area contributed by atoms with Gasteiger partial charge in [0.1, 0.15) is 5.75 Å². The SMILES string of the molecule is N#C/C(=C\c1ccc(-c2ccc(C=O)c(O)c2)cc1)c1cc(C(F)(F)F)cc(C(F)(F)F)c1. The number of alkyl halides is 6. The van der Waals surface area contributed by atoms with Crippen LogP contribution >= 0.6 is 0 Å². The van der Waals surface area contributed by atoms with Crippen molar-refractivity contribution in [3.8, 4) is 22.9 Å². The van der Waals surface area contributed by atoms with E-state index in [1.807, 2.05) is 0 Å². The second kappa shape index (κ2) is 8.82. The zero-order valence-corrected chi connectivity index (χ0v) is 16.5. The molecule has 0 atom stereocenters. The molecule has 0 bridgehead atoms. The molecule has 3 aromatic carbocycles. The summed E-state index contributed by atoms with van der Waals surface area (Å²) in [4.78, 5) is 10.8. The van der Waals surface area contributed by atoms with Crippen molar-refractivity contribution < 1.29 is 36.2 Å². The summed E-state index contributed by atoms with van der Waals surface area (Å²) in [5, 5.41) is 19.2. The Kier molecular flexibility index (Phi) is 6.31. The summed E-state index contributed by atoms with van der Waals surface area (Å²) in [6.45, 7) is 0. The summed E-state index contributed by atoms with van der Waals surface area (Å²) in [5.74, 6) is -0.219. The van der Waals surface area contributed by atoms with E-state index in [9.17, 15) is 41.5 Å². The van der Waals surface area contributed by atoms with Gasteiger partial charge in [-0.25, -0.2) is 0 Å². The lowest BCUT2D eigenvalue weighted by molar-refractivity contribution is -0.143. The van der Waals surface area contributed by atoms with Crippen LogP contribution in [-0.4, -0.2) is 11.4 Å². The number of phenols is 1. The molecule has 0 aliphatic carbocycles. The molecule has 0 amide bonds. The molecule has 9 heteroatoms. The van der Waals surface area contributed by atoms with Crippen molar-refractivity contribution in [2.24, 2.45) is 0 Å². The lowest BCUT2D eigenvalue weighted by Crippen LogP contribution is -2.11. The Labute approximate surface area is 183 Å². The lowest BCUT2D eigenvalue weighted by atomic mass is 9.97.